The van der Waals surface area contributed by atoms with Gasteiger partial charge in [0.15, 0.2) is 0 Å². The fourth-order valence-electron chi connectivity index (χ4n) is 2.47. The largest absolute Gasteiger partial charge is 0.340 e. The molecule has 3 rings (SSSR count). The molecule has 1 aromatic heterocycles. The zero-order valence-corrected chi connectivity index (χ0v) is 12.0. The van der Waals surface area contributed by atoms with E-state index in [1.165, 1.54) is 5.56 Å². The number of benzene rings is 2. The summed E-state index contributed by atoms with van der Waals surface area (Å²) in [4.78, 5) is 12.6. The molecule has 0 N–H and O–H groups in total. The maximum absolute atomic E-state index is 12.6. The second kappa shape index (κ2) is 5.80. The molecule has 2 heteroatoms. The fourth-order valence-corrected chi connectivity index (χ4v) is 2.47. The summed E-state index contributed by atoms with van der Waals surface area (Å²) < 4.78 is 2.00. The molecule has 0 unspecified atom stereocenters. The summed E-state index contributed by atoms with van der Waals surface area (Å²) in [5.41, 5.74) is 3.75. The molecule has 0 saturated carbocycles. The maximum atomic E-state index is 12.6. The quantitative estimate of drug-likeness (QED) is 0.658. The van der Waals surface area contributed by atoms with Crippen molar-refractivity contribution in [1.82, 2.24) is 4.57 Å². The van der Waals surface area contributed by atoms with E-state index in [2.05, 4.69) is 12.1 Å². The number of carbonyl (C=O) groups is 1. The maximum Gasteiger partial charge on any atom is 0.209 e. The minimum absolute atomic E-state index is 0.0691. The molecule has 0 atom stereocenters. The van der Waals surface area contributed by atoms with Crippen LogP contribution in [0.5, 0.6) is 0 Å². The van der Waals surface area contributed by atoms with Crippen LogP contribution in [0, 0.1) is 6.92 Å². The topological polar surface area (TPSA) is 22.0 Å². The Morgan fingerprint density at radius 2 is 1.76 bits per heavy atom. The van der Waals surface area contributed by atoms with Gasteiger partial charge in [0.2, 0.25) is 5.78 Å². The third kappa shape index (κ3) is 2.95. The van der Waals surface area contributed by atoms with Crippen LogP contribution in [0.25, 0.3) is 0 Å². The monoisotopic (exact) mass is 275 g/mol. The van der Waals surface area contributed by atoms with Crippen LogP contribution in [0.3, 0.4) is 0 Å². The van der Waals surface area contributed by atoms with Crippen LogP contribution in [0.15, 0.2) is 72.9 Å². The van der Waals surface area contributed by atoms with Crippen LogP contribution in [-0.4, -0.2) is 10.4 Å². The summed E-state index contributed by atoms with van der Waals surface area (Å²) in [5, 5.41) is 0. The molecule has 0 spiro atoms. The van der Waals surface area contributed by atoms with Crippen LogP contribution in [0.1, 0.15) is 27.2 Å². The molecule has 0 aliphatic rings. The van der Waals surface area contributed by atoms with Crippen LogP contribution < -0.4 is 0 Å². The van der Waals surface area contributed by atoms with Crippen LogP contribution in [0.4, 0.5) is 0 Å². The first-order chi connectivity index (χ1) is 10.2. The highest BCUT2D eigenvalue weighted by Crippen LogP contribution is 2.14. The minimum atomic E-state index is 0.0691. The van der Waals surface area contributed by atoms with Crippen molar-refractivity contribution < 1.29 is 4.79 Å². The molecule has 3 aromatic rings. The van der Waals surface area contributed by atoms with Gasteiger partial charge in [-0.3, -0.25) is 4.79 Å². The van der Waals surface area contributed by atoms with E-state index in [0.717, 1.165) is 16.8 Å². The number of ketones is 1. The van der Waals surface area contributed by atoms with Gasteiger partial charge >= 0.3 is 0 Å². The van der Waals surface area contributed by atoms with Gasteiger partial charge in [0, 0.05) is 18.3 Å². The number of hydrogen-bond donors (Lipinski definition) is 0. The number of nitrogens with zero attached hydrogens (tertiary/aromatic N) is 1. The highest BCUT2D eigenvalue weighted by atomic mass is 16.1. The summed E-state index contributed by atoms with van der Waals surface area (Å²) in [7, 11) is 0. The summed E-state index contributed by atoms with van der Waals surface area (Å²) >= 11 is 0. The van der Waals surface area contributed by atoms with Gasteiger partial charge in [0.25, 0.3) is 0 Å². The standard InChI is InChI=1S/C19H17NO/c1-15-7-5-10-17(13-15)19(21)18-11-6-12-20(18)14-16-8-3-2-4-9-16/h2-13H,14H2,1H3. The van der Waals surface area contributed by atoms with E-state index in [-0.39, 0.29) is 5.78 Å². The van der Waals surface area contributed by atoms with E-state index in [1.54, 1.807) is 0 Å². The highest BCUT2D eigenvalue weighted by Gasteiger charge is 2.13. The Morgan fingerprint density at radius 3 is 2.52 bits per heavy atom. The van der Waals surface area contributed by atoms with Crippen LogP contribution in [0.2, 0.25) is 0 Å². The molecule has 0 fully saturated rings. The predicted molar refractivity (Wildman–Crippen MR) is 84.6 cm³/mol. The zero-order chi connectivity index (χ0) is 14.7. The molecular formula is C19H17NO. The van der Waals surface area contributed by atoms with Gasteiger partial charge in [0.05, 0.1) is 5.69 Å². The third-order valence-electron chi connectivity index (χ3n) is 3.54. The van der Waals surface area contributed by atoms with Gasteiger partial charge in [-0.2, -0.15) is 0 Å². The molecule has 0 radical (unpaired) electrons. The second-order valence-electron chi connectivity index (χ2n) is 5.21. The highest BCUT2D eigenvalue weighted by molar-refractivity contribution is 6.08. The van der Waals surface area contributed by atoms with Gasteiger partial charge in [-0.15, -0.1) is 0 Å². The number of aromatic nitrogens is 1. The van der Waals surface area contributed by atoms with Gasteiger partial charge in [-0.05, 0) is 30.7 Å². The number of rotatable bonds is 4. The SMILES string of the molecule is Cc1cccc(C(=O)c2cccn2Cc2ccccc2)c1. The van der Waals surface area contributed by atoms with Crippen LogP contribution in [-0.2, 0) is 6.54 Å². The van der Waals surface area contributed by atoms with E-state index >= 15 is 0 Å². The van der Waals surface area contributed by atoms with Crippen molar-refractivity contribution in [3.63, 3.8) is 0 Å². The third-order valence-corrected chi connectivity index (χ3v) is 3.54. The van der Waals surface area contributed by atoms with E-state index in [0.29, 0.717) is 6.54 Å². The molecule has 2 aromatic carbocycles. The first-order valence-electron chi connectivity index (χ1n) is 7.04. The van der Waals surface area contributed by atoms with Crippen molar-refractivity contribution in [2.75, 3.05) is 0 Å². The van der Waals surface area contributed by atoms with Gasteiger partial charge < -0.3 is 4.57 Å². The summed E-state index contributed by atoms with van der Waals surface area (Å²) in [6, 6.07) is 21.7. The molecule has 0 aliphatic carbocycles. The average molecular weight is 275 g/mol. The van der Waals surface area contributed by atoms with E-state index in [9.17, 15) is 4.79 Å². The molecule has 0 bridgehead atoms. The smallest absolute Gasteiger partial charge is 0.209 e. The average Bonchev–Trinajstić information content (AvgIpc) is 2.95. The Morgan fingerprint density at radius 1 is 0.952 bits per heavy atom. The molecule has 21 heavy (non-hydrogen) atoms. The lowest BCUT2D eigenvalue weighted by Crippen LogP contribution is -2.10. The first-order valence-corrected chi connectivity index (χ1v) is 7.04. The van der Waals surface area contributed by atoms with Crippen LogP contribution >= 0.6 is 0 Å². The summed E-state index contributed by atoms with van der Waals surface area (Å²) in [5.74, 6) is 0.0691. The Kier molecular flexibility index (Phi) is 3.69. The fraction of sp³-hybridized carbons (Fsp3) is 0.105. The van der Waals surface area contributed by atoms with E-state index < -0.39 is 0 Å². The van der Waals surface area contributed by atoms with Crippen molar-refractivity contribution in [2.45, 2.75) is 13.5 Å². The van der Waals surface area contributed by atoms with Crippen molar-refractivity contribution >= 4 is 5.78 Å². The molecule has 104 valence electrons. The molecule has 0 aliphatic heterocycles. The second-order valence-corrected chi connectivity index (χ2v) is 5.21. The summed E-state index contributed by atoms with van der Waals surface area (Å²) in [6.45, 7) is 2.71. The lowest BCUT2D eigenvalue weighted by atomic mass is 10.1. The molecule has 0 saturated heterocycles. The molecule has 0 amide bonds. The van der Waals surface area contributed by atoms with E-state index in [4.69, 9.17) is 0 Å². The van der Waals surface area contributed by atoms with Crippen molar-refractivity contribution in [2.24, 2.45) is 0 Å². The Hall–Kier alpha value is -2.61. The lowest BCUT2D eigenvalue weighted by Gasteiger charge is -2.09. The first kappa shape index (κ1) is 13.4. The molecule has 1 heterocycles. The van der Waals surface area contributed by atoms with Crippen molar-refractivity contribution in [3.05, 3.63) is 95.3 Å². The van der Waals surface area contributed by atoms with Gasteiger partial charge in [-0.1, -0.05) is 54.1 Å². The number of carbonyl (C=O) groups excluding carboxylic acids is 1. The number of aryl methyl sites for hydroxylation is 1. The normalized spacial score (nSPS) is 10.5. The molecular weight excluding hydrogens is 258 g/mol. The predicted octanol–water partition coefficient (Wildman–Crippen LogP) is 4.08. The lowest BCUT2D eigenvalue weighted by molar-refractivity contribution is 0.103. The Labute approximate surface area is 124 Å². The Balaban J connectivity index is 1.90. The van der Waals surface area contributed by atoms with Gasteiger partial charge in [0.1, 0.15) is 0 Å². The molecule has 2 nitrogen and oxygen atoms in total. The number of hydrogen-bond acceptors (Lipinski definition) is 1. The Bertz CT molecular complexity index is 756. The summed E-state index contributed by atoms with van der Waals surface area (Å²) in [6.07, 6.45) is 1.95. The van der Waals surface area contributed by atoms with E-state index in [1.807, 2.05) is 72.3 Å². The van der Waals surface area contributed by atoms with Gasteiger partial charge in [-0.25, -0.2) is 0 Å². The zero-order valence-electron chi connectivity index (χ0n) is 12.0. The minimum Gasteiger partial charge on any atom is -0.340 e. The van der Waals surface area contributed by atoms with Crippen molar-refractivity contribution in [1.29, 1.82) is 0 Å². The van der Waals surface area contributed by atoms with Crippen molar-refractivity contribution in [3.8, 4) is 0 Å².